The van der Waals surface area contributed by atoms with Crippen LogP contribution in [-0.2, 0) is 4.74 Å². The molecule has 0 aliphatic rings. The number of methoxy groups -OCH3 is 1. The van der Waals surface area contributed by atoms with Crippen LogP contribution < -0.4 is 10.2 Å². The molecule has 102 valence electrons. The normalized spacial score (nSPS) is 12.4. The van der Waals surface area contributed by atoms with Crippen LogP contribution in [0.3, 0.4) is 0 Å². The van der Waals surface area contributed by atoms with Crippen LogP contribution in [0.25, 0.3) is 0 Å². The van der Waals surface area contributed by atoms with E-state index in [0.717, 1.165) is 25.2 Å². The largest absolute Gasteiger partial charge is 0.383 e. The molecule has 0 amide bonds. The molecule has 18 heavy (non-hydrogen) atoms. The average molecular weight is 254 g/mol. The number of nitrogens with one attached hydrogen (secondary N) is 1. The van der Waals surface area contributed by atoms with Crippen LogP contribution in [0.15, 0.2) is 24.3 Å². The second-order valence-corrected chi connectivity index (χ2v) is 4.46. The van der Waals surface area contributed by atoms with E-state index in [1.54, 1.807) is 19.2 Å². The van der Waals surface area contributed by atoms with E-state index in [-0.39, 0.29) is 11.9 Å². The molecule has 0 aliphatic heterocycles. The first-order valence-corrected chi connectivity index (χ1v) is 6.36. The van der Waals surface area contributed by atoms with E-state index < -0.39 is 0 Å². The number of halogens is 1. The zero-order valence-electron chi connectivity index (χ0n) is 11.4. The molecule has 0 spiro atoms. The molecule has 0 bridgehead atoms. The SMILES string of the molecule is CCCNC(COC)CN(C)c1ccc(F)cc1. The van der Waals surface area contributed by atoms with Crippen molar-refractivity contribution in [3.05, 3.63) is 30.1 Å². The van der Waals surface area contributed by atoms with Crippen molar-refractivity contribution in [2.45, 2.75) is 19.4 Å². The number of benzene rings is 1. The fraction of sp³-hybridized carbons (Fsp3) is 0.571. The van der Waals surface area contributed by atoms with Gasteiger partial charge in [-0.25, -0.2) is 4.39 Å². The maximum atomic E-state index is 12.8. The first-order chi connectivity index (χ1) is 8.67. The summed E-state index contributed by atoms with van der Waals surface area (Å²) in [5, 5.41) is 3.44. The van der Waals surface area contributed by atoms with E-state index in [9.17, 15) is 4.39 Å². The Balaban J connectivity index is 2.53. The predicted molar refractivity (Wildman–Crippen MR) is 73.6 cm³/mol. The van der Waals surface area contributed by atoms with Crippen LogP contribution in [0.5, 0.6) is 0 Å². The number of hydrogen-bond acceptors (Lipinski definition) is 3. The van der Waals surface area contributed by atoms with Gasteiger partial charge in [0.1, 0.15) is 5.82 Å². The van der Waals surface area contributed by atoms with Crippen LogP contribution in [-0.4, -0.2) is 39.9 Å². The Hall–Kier alpha value is -1.13. The Labute approximate surface area is 109 Å². The first-order valence-electron chi connectivity index (χ1n) is 6.36. The van der Waals surface area contributed by atoms with Crippen LogP contribution in [0, 0.1) is 5.82 Å². The van der Waals surface area contributed by atoms with Gasteiger partial charge in [-0.05, 0) is 37.2 Å². The van der Waals surface area contributed by atoms with E-state index >= 15 is 0 Å². The van der Waals surface area contributed by atoms with Crippen LogP contribution in [0.2, 0.25) is 0 Å². The van der Waals surface area contributed by atoms with E-state index in [1.807, 2.05) is 7.05 Å². The standard InChI is InChI=1S/C14H23FN2O/c1-4-9-16-13(11-18-3)10-17(2)14-7-5-12(15)6-8-14/h5-8,13,16H,4,9-11H2,1-3H3. The molecule has 1 aromatic rings. The van der Waals surface area contributed by atoms with Gasteiger partial charge in [-0.15, -0.1) is 0 Å². The van der Waals surface area contributed by atoms with Gasteiger partial charge in [0.05, 0.1) is 6.61 Å². The molecule has 3 nitrogen and oxygen atoms in total. The van der Waals surface area contributed by atoms with Crippen LogP contribution in [0.1, 0.15) is 13.3 Å². The van der Waals surface area contributed by atoms with Gasteiger partial charge >= 0.3 is 0 Å². The fourth-order valence-corrected chi connectivity index (χ4v) is 1.86. The molecule has 0 saturated carbocycles. The summed E-state index contributed by atoms with van der Waals surface area (Å²) in [7, 11) is 3.71. The molecule has 0 aliphatic carbocycles. The Kier molecular flexibility index (Phi) is 6.68. The van der Waals surface area contributed by atoms with Crippen molar-refractivity contribution < 1.29 is 9.13 Å². The van der Waals surface area contributed by atoms with Gasteiger partial charge in [-0.2, -0.15) is 0 Å². The zero-order valence-corrected chi connectivity index (χ0v) is 11.4. The van der Waals surface area contributed by atoms with Crippen molar-refractivity contribution in [2.24, 2.45) is 0 Å². The van der Waals surface area contributed by atoms with Gasteiger partial charge in [0.2, 0.25) is 0 Å². The second kappa shape index (κ2) is 8.06. The number of nitrogens with zero attached hydrogens (tertiary/aromatic N) is 1. The van der Waals surface area contributed by atoms with Crippen LogP contribution >= 0.6 is 0 Å². The summed E-state index contributed by atoms with van der Waals surface area (Å²) in [6.45, 7) is 4.62. The third kappa shape index (κ3) is 5.02. The molecule has 0 saturated heterocycles. The molecular weight excluding hydrogens is 231 g/mol. The highest BCUT2D eigenvalue weighted by molar-refractivity contribution is 5.45. The van der Waals surface area contributed by atoms with E-state index in [1.165, 1.54) is 12.1 Å². The summed E-state index contributed by atoms with van der Waals surface area (Å²) in [6, 6.07) is 6.83. The molecule has 1 rings (SSSR count). The minimum atomic E-state index is -0.204. The summed E-state index contributed by atoms with van der Waals surface area (Å²) in [5.74, 6) is -0.204. The lowest BCUT2D eigenvalue weighted by atomic mass is 10.2. The van der Waals surface area contributed by atoms with E-state index in [4.69, 9.17) is 4.74 Å². The highest BCUT2D eigenvalue weighted by Gasteiger charge is 2.11. The van der Waals surface area contributed by atoms with Crippen molar-refractivity contribution in [2.75, 3.05) is 38.8 Å². The number of hydrogen-bond donors (Lipinski definition) is 1. The maximum Gasteiger partial charge on any atom is 0.123 e. The number of anilines is 1. The molecule has 0 radical (unpaired) electrons. The monoisotopic (exact) mass is 254 g/mol. The van der Waals surface area contributed by atoms with Crippen molar-refractivity contribution in [3.8, 4) is 0 Å². The molecular formula is C14H23FN2O. The Morgan fingerprint density at radius 2 is 2.00 bits per heavy atom. The Morgan fingerprint density at radius 1 is 1.33 bits per heavy atom. The number of rotatable bonds is 8. The van der Waals surface area contributed by atoms with E-state index in [2.05, 4.69) is 17.1 Å². The van der Waals surface area contributed by atoms with E-state index in [0.29, 0.717) is 6.61 Å². The summed E-state index contributed by atoms with van der Waals surface area (Å²) < 4.78 is 18.1. The number of ether oxygens (including phenoxy) is 1. The molecule has 1 unspecified atom stereocenters. The summed E-state index contributed by atoms with van der Waals surface area (Å²) >= 11 is 0. The molecule has 4 heteroatoms. The molecule has 0 heterocycles. The molecule has 1 aromatic carbocycles. The second-order valence-electron chi connectivity index (χ2n) is 4.46. The minimum Gasteiger partial charge on any atom is -0.383 e. The van der Waals surface area contributed by atoms with Gasteiger partial charge in [0.15, 0.2) is 0 Å². The average Bonchev–Trinajstić information content (AvgIpc) is 2.37. The zero-order chi connectivity index (χ0) is 13.4. The summed E-state index contributed by atoms with van der Waals surface area (Å²) in [6.07, 6.45) is 1.10. The smallest absolute Gasteiger partial charge is 0.123 e. The lowest BCUT2D eigenvalue weighted by Gasteiger charge is -2.26. The quantitative estimate of drug-likeness (QED) is 0.770. The molecule has 0 fully saturated rings. The summed E-state index contributed by atoms with van der Waals surface area (Å²) in [4.78, 5) is 2.10. The van der Waals surface area contributed by atoms with Crippen molar-refractivity contribution in [1.29, 1.82) is 0 Å². The fourth-order valence-electron chi connectivity index (χ4n) is 1.86. The lowest BCUT2D eigenvalue weighted by Crippen LogP contribution is -2.43. The summed E-state index contributed by atoms with van der Waals surface area (Å²) in [5.41, 5.74) is 1.01. The Morgan fingerprint density at radius 3 is 2.56 bits per heavy atom. The number of likely N-dealkylation sites (N-methyl/N-ethyl adjacent to an activating group) is 1. The van der Waals surface area contributed by atoms with Gasteiger partial charge in [-0.3, -0.25) is 0 Å². The van der Waals surface area contributed by atoms with Gasteiger partial charge < -0.3 is 15.0 Å². The van der Waals surface area contributed by atoms with Gasteiger partial charge in [0, 0.05) is 32.4 Å². The molecule has 0 aromatic heterocycles. The van der Waals surface area contributed by atoms with Crippen molar-refractivity contribution in [1.82, 2.24) is 5.32 Å². The van der Waals surface area contributed by atoms with Crippen molar-refractivity contribution >= 4 is 5.69 Å². The molecule has 1 N–H and O–H groups in total. The third-order valence-corrected chi connectivity index (χ3v) is 2.81. The third-order valence-electron chi connectivity index (χ3n) is 2.81. The van der Waals surface area contributed by atoms with Gasteiger partial charge in [-0.1, -0.05) is 6.92 Å². The highest BCUT2D eigenvalue weighted by Crippen LogP contribution is 2.13. The maximum absolute atomic E-state index is 12.8. The lowest BCUT2D eigenvalue weighted by molar-refractivity contribution is 0.168. The molecule has 1 atom stereocenters. The first kappa shape index (κ1) is 14.9. The van der Waals surface area contributed by atoms with Crippen LogP contribution in [0.4, 0.5) is 10.1 Å². The minimum absolute atomic E-state index is 0.204. The predicted octanol–water partition coefficient (Wildman–Crippen LogP) is 2.28. The van der Waals surface area contributed by atoms with Crippen molar-refractivity contribution in [3.63, 3.8) is 0 Å². The van der Waals surface area contributed by atoms with Gasteiger partial charge in [0.25, 0.3) is 0 Å². The Bertz CT molecular complexity index is 329. The highest BCUT2D eigenvalue weighted by atomic mass is 19.1. The topological polar surface area (TPSA) is 24.5 Å².